The van der Waals surface area contributed by atoms with Crippen molar-refractivity contribution in [3.8, 4) is 5.75 Å². The topological polar surface area (TPSA) is 59.1 Å². The SMILES string of the molecule is CC/C(=C\c1ccccc1)[C@@H]1C[C@H]1N(C(=O)C(F)(F)F)C1CC2(CCN(Cc3ccc(C(=O)OC)cc3OC)CC2)C1. The Bertz CT molecular complexity index is 1310. The van der Waals surface area contributed by atoms with E-state index in [-0.39, 0.29) is 17.4 Å². The smallest absolute Gasteiger partial charge is 0.471 e. The molecule has 0 N–H and O–H groups in total. The molecule has 2 aromatic rings. The number of methoxy groups -OCH3 is 2. The van der Waals surface area contributed by atoms with Crippen LogP contribution in [0.5, 0.6) is 5.75 Å². The molecule has 3 aliphatic rings. The molecule has 0 bridgehead atoms. The fourth-order valence-corrected chi connectivity index (χ4v) is 6.95. The van der Waals surface area contributed by atoms with Gasteiger partial charge < -0.3 is 14.4 Å². The first-order valence-electron chi connectivity index (χ1n) is 14.7. The number of piperidine rings is 1. The van der Waals surface area contributed by atoms with Gasteiger partial charge in [0.15, 0.2) is 0 Å². The van der Waals surface area contributed by atoms with Crippen molar-refractivity contribution in [1.29, 1.82) is 0 Å². The third kappa shape index (κ3) is 6.36. The zero-order chi connectivity index (χ0) is 30.1. The number of nitrogens with zero attached hydrogens (tertiary/aromatic N) is 2. The fourth-order valence-electron chi connectivity index (χ4n) is 6.95. The van der Waals surface area contributed by atoms with Gasteiger partial charge >= 0.3 is 18.1 Å². The van der Waals surface area contributed by atoms with Gasteiger partial charge in [-0.2, -0.15) is 13.2 Å². The molecule has 1 amide bonds. The van der Waals surface area contributed by atoms with Crippen LogP contribution in [0.25, 0.3) is 6.08 Å². The Morgan fingerprint density at radius 2 is 1.76 bits per heavy atom. The Labute approximate surface area is 245 Å². The summed E-state index contributed by atoms with van der Waals surface area (Å²) in [5, 5.41) is 0. The summed E-state index contributed by atoms with van der Waals surface area (Å²) >= 11 is 0. The van der Waals surface area contributed by atoms with E-state index in [1.54, 1.807) is 19.2 Å². The molecule has 3 fully saturated rings. The molecule has 6 nitrogen and oxygen atoms in total. The minimum Gasteiger partial charge on any atom is -0.496 e. The van der Waals surface area contributed by atoms with Gasteiger partial charge in [0.05, 0.1) is 19.8 Å². The summed E-state index contributed by atoms with van der Waals surface area (Å²) in [6, 6.07) is 14.3. The van der Waals surface area contributed by atoms with Crippen LogP contribution in [0.4, 0.5) is 13.2 Å². The molecule has 2 aliphatic carbocycles. The molecular weight excluding hydrogens is 545 g/mol. The Balaban J connectivity index is 1.21. The molecule has 9 heteroatoms. The van der Waals surface area contributed by atoms with Crippen molar-refractivity contribution in [1.82, 2.24) is 9.80 Å². The number of likely N-dealkylation sites (tertiary alicyclic amines) is 1. The maximum Gasteiger partial charge on any atom is 0.471 e. The highest BCUT2D eigenvalue weighted by atomic mass is 19.4. The number of ether oxygens (including phenoxy) is 2. The van der Waals surface area contributed by atoms with Gasteiger partial charge in [0, 0.05) is 30.1 Å². The number of rotatable bonds is 9. The van der Waals surface area contributed by atoms with Crippen LogP contribution in [0.1, 0.15) is 66.9 Å². The van der Waals surface area contributed by atoms with Gasteiger partial charge in [-0.25, -0.2) is 4.79 Å². The Morgan fingerprint density at radius 3 is 2.36 bits per heavy atom. The molecule has 1 spiro atoms. The van der Waals surface area contributed by atoms with E-state index < -0.39 is 24.1 Å². The Hall–Kier alpha value is -3.33. The summed E-state index contributed by atoms with van der Waals surface area (Å²) in [4.78, 5) is 28.1. The van der Waals surface area contributed by atoms with Gasteiger partial charge in [-0.1, -0.05) is 55.0 Å². The van der Waals surface area contributed by atoms with Gasteiger partial charge in [-0.05, 0) is 74.7 Å². The number of benzene rings is 2. The van der Waals surface area contributed by atoms with Crippen molar-refractivity contribution < 1.29 is 32.2 Å². The average molecular weight is 585 g/mol. The van der Waals surface area contributed by atoms with E-state index >= 15 is 0 Å². The van der Waals surface area contributed by atoms with E-state index in [0.29, 0.717) is 37.1 Å². The molecular formula is C33H39F3N2O4. The van der Waals surface area contributed by atoms with Crippen molar-refractivity contribution in [3.05, 3.63) is 70.8 Å². The highest BCUT2D eigenvalue weighted by Crippen LogP contribution is 2.55. The van der Waals surface area contributed by atoms with Gasteiger partial charge in [0.1, 0.15) is 5.75 Å². The molecule has 2 saturated carbocycles. The lowest BCUT2D eigenvalue weighted by atomic mass is 9.60. The van der Waals surface area contributed by atoms with Crippen molar-refractivity contribution in [2.75, 3.05) is 27.3 Å². The summed E-state index contributed by atoms with van der Waals surface area (Å²) in [5.74, 6) is -1.52. The maximum absolute atomic E-state index is 13.8. The van der Waals surface area contributed by atoms with Crippen LogP contribution in [-0.4, -0.2) is 67.2 Å². The molecule has 226 valence electrons. The van der Waals surface area contributed by atoms with Crippen molar-refractivity contribution >= 4 is 18.0 Å². The number of amides is 1. The minimum absolute atomic E-state index is 0.0258. The fraction of sp³-hybridized carbons (Fsp3) is 0.515. The molecule has 2 aromatic carbocycles. The van der Waals surface area contributed by atoms with Crippen LogP contribution in [0.3, 0.4) is 0 Å². The van der Waals surface area contributed by atoms with E-state index in [9.17, 15) is 22.8 Å². The zero-order valence-electron chi connectivity index (χ0n) is 24.5. The highest BCUT2D eigenvalue weighted by molar-refractivity contribution is 5.90. The van der Waals surface area contributed by atoms with Gasteiger partial charge in [-0.15, -0.1) is 0 Å². The number of hydrogen-bond donors (Lipinski definition) is 0. The maximum atomic E-state index is 13.8. The number of carbonyl (C=O) groups excluding carboxylic acids is 2. The van der Waals surface area contributed by atoms with Crippen LogP contribution < -0.4 is 4.74 Å². The third-order valence-corrected chi connectivity index (χ3v) is 9.38. The number of hydrogen-bond acceptors (Lipinski definition) is 5. The number of esters is 1. The van der Waals surface area contributed by atoms with E-state index in [1.807, 2.05) is 43.3 Å². The summed E-state index contributed by atoms with van der Waals surface area (Å²) in [5.41, 5.74) is 3.49. The number of carbonyl (C=O) groups is 2. The first kappa shape index (κ1) is 30.1. The third-order valence-electron chi connectivity index (χ3n) is 9.38. The van der Waals surface area contributed by atoms with E-state index in [1.165, 1.54) is 12.0 Å². The number of halogens is 3. The van der Waals surface area contributed by atoms with Crippen LogP contribution in [0.2, 0.25) is 0 Å². The van der Waals surface area contributed by atoms with E-state index in [2.05, 4.69) is 11.0 Å². The summed E-state index contributed by atoms with van der Waals surface area (Å²) < 4.78 is 51.6. The second-order valence-electron chi connectivity index (χ2n) is 12.0. The van der Waals surface area contributed by atoms with E-state index in [4.69, 9.17) is 9.47 Å². The molecule has 1 aliphatic heterocycles. The zero-order valence-corrected chi connectivity index (χ0v) is 24.5. The first-order valence-corrected chi connectivity index (χ1v) is 14.7. The number of alkyl halides is 3. The van der Waals surface area contributed by atoms with Crippen molar-refractivity contribution in [3.63, 3.8) is 0 Å². The lowest BCUT2D eigenvalue weighted by molar-refractivity contribution is -0.194. The molecule has 42 heavy (non-hydrogen) atoms. The van der Waals surface area contributed by atoms with Crippen molar-refractivity contribution in [2.24, 2.45) is 11.3 Å². The quantitative estimate of drug-likeness (QED) is 0.315. The van der Waals surface area contributed by atoms with Gasteiger partial charge in [0.2, 0.25) is 0 Å². The Kier molecular flexibility index (Phi) is 8.69. The highest BCUT2D eigenvalue weighted by Gasteiger charge is 2.58. The summed E-state index contributed by atoms with van der Waals surface area (Å²) in [6.07, 6.45) is 1.51. The molecule has 0 aromatic heterocycles. The van der Waals surface area contributed by atoms with Crippen molar-refractivity contribution in [2.45, 2.75) is 70.3 Å². The largest absolute Gasteiger partial charge is 0.496 e. The molecule has 0 radical (unpaired) electrons. The van der Waals surface area contributed by atoms with Crippen LogP contribution in [-0.2, 0) is 16.1 Å². The second-order valence-corrected chi connectivity index (χ2v) is 12.0. The summed E-state index contributed by atoms with van der Waals surface area (Å²) in [6.45, 7) is 4.30. The molecule has 0 unspecified atom stereocenters. The van der Waals surface area contributed by atoms with Crippen LogP contribution >= 0.6 is 0 Å². The second kappa shape index (κ2) is 12.1. The normalized spacial score (nSPS) is 22.4. The van der Waals surface area contributed by atoms with Gasteiger partial charge in [-0.3, -0.25) is 9.69 Å². The van der Waals surface area contributed by atoms with E-state index in [0.717, 1.165) is 49.1 Å². The Morgan fingerprint density at radius 1 is 1.07 bits per heavy atom. The lowest BCUT2D eigenvalue weighted by Crippen LogP contribution is -2.59. The molecule has 1 saturated heterocycles. The predicted molar refractivity (Wildman–Crippen MR) is 154 cm³/mol. The average Bonchev–Trinajstić information content (AvgIpc) is 3.76. The molecule has 2 atom stereocenters. The first-order chi connectivity index (χ1) is 20.1. The standard InChI is InChI=1S/C33H39F3N2O4/c1-4-23(16-22-8-6-5-7-9-22)27-18-28(27)38(31(40)33(34,35)36)26-19-32(20-26)12-14-37(15-13-32)21-25-11-10-24(30(39)42-3)17-29(25)41-2/h5-11,16-17,26-28H,4,12-15,18-21H2,1-3H3/b23-16+/t27-,28+/m0/s1. The van der Waals surface area contributed by atoms with Gasteiger partial charge in [0.25, 0.3) is 0 Å². The van der Waals surface area contributed by atoms with Crippen LogP contribution in [0.15, 0.2) is 54.1 Å². The lowest BCUT2D eigenvalue weighted by Gasteiger charge is -2.55. The van der Waals surface area contributed by atoms with Crippen LogP contribution in [0, 0.1) is 11.3 Å². The molecule has 5 rings (SSSR count). The monoisotopic (exact) mass is 584 g/mol. The minimum atomic E-state index is -4.88. The summed E-state index contributed by atoms with van der Waals surface area (Å²) in [7, 11) is 2.91. The predicted octanol–water partition coefficient (Wildman–Crippen LogP) is 6.50. The molecule has 1 heterocycles.